The lowest BCUT2D eigenvalue weighted by molar-refractivity contribution is -0.137. The second kappa shape index (κ2) is 4.94. The zero-order valence-electron chi connectivity index (χ0n) is 10.8. The maximum Gasteiger partial charge on any atom is 0.242 e. The number of carbonyl (C=O) groups is 1. The first-order valence-corrected chi connectivity index (χ1v) is 7.84. The van der Waals surface area contributed by atoms with Gasteiger partial charge in [0, 0.05) is 13.1 Å². The lowest BCUT2D eigenvalue weighted by Gasteiger charge is -2.33. The highest BCUT2D eigenvalue weighted by molar-refractivity contribution is 7.91. The Morgan fingerprint density at radius 2 is 1.94 bits per heavy atom. The molecule has 100 valence electrons. The highest BCUT2D eigenvalue weighted by Gasteiger charge is 2.39. The molecule has 0 aromatic heterocycles. The van der Waals surface area contributed by atoms with Crippen LogP contribution in [0.2, 0.25) is 0 Å². The third-order valence-corrected chi connectivity index (χ3v) is 5.51. The van der Waals surface area contributed by atoms with E-state index in [1.165, 1.54) is 4.90 Å². The Morgan fingerprint density at radius 3 is 2.29 bits per heavy atom. The Kier molecular flexibility index (Phi) is 4.19. The molecule has 1 saturated heterocycles. The average Bonchev–Trinajstić information content (AvgIpc) is 2.66. The Labute approximate surface area is 103 Å². The van der Waals surface area contributed by atoms with Gasteiger partial charge in [-0.05, 0) is 19.3 Å². The van der Waals surface area contributed by atoms with Crippen molar-refractivity contribution in [3.05, 3.63) is 0 Å². The summed E-state index contributed by atoms with van der Waals surface area (Å²) in [7, 11) is -1.31. The summed E-state index contributed by atoms with van der Waals surface area (Å²) in [4.78, 5) is 13.8. The number of hydrogen-bond acceptors (Lipinski definition) is 4. The van der Waals surface area contributed by atoms with Crippen LogP contribution < -0.4 is 5.73 Å². The Morgan fingerprint density at radius 1 is 1.41 bits per heavy atom. The number of carbonyl (C=O) groups excluding carboxylic acids is 1. The maximum absolute atomic E-state index is 12.2. The summed E-state index contributed by atoms with van der Waals surface area (Å²) in [6, 6.07) is -0.214. The van der Waals surface area contributed by atoms with E-state index in [0.29, 0.717) is 19.3 Å². The number of sulfone groups is 1. The van der Waals surface area contributed by atoms with Gasteiger partial charge in [-0.3, -0.25) is 4.79 Å². The molecular weight excluding hydrogens is 240 g/mol. The predicted octanol–water partition coefficient (Wildman–Crippen LogP) is 0.149. The van der Waals surface area contributed by atoms with Gasteiger partial charge in [0.1, 0.15) is 0 Å². The van der Waals surface area contributed by atoms with Gasteiger partial charge in [-0.2, -0.15) is 0 Å². The normalized spacial score (nSPS) is 23.6. The molecule has 0 bridgehead atoms. The zero-order valence-corrected chi connectivity index (χ0v) is 11.6. The van der Waals surface area contributed by atoms with Crippen LogP contribution in [0.1, 0.15) is 33.1 Å². The SMILES string of the molecule is CCC(N)(CC)C(=O)N(C)C1CCS(=O)(=O)C1. The van der Waals surface area contributed by atoms with Crippen molar-refractivity contribution in [1.82, 2.24) is 4.90 Å². The van der Waals surface area contributed by atoms with Crippen LogP contribution in [0.4, 0.5) is 0 Å². The zero-order chi connectivity index (χ0) is 13.3. The van der Waals surface area contributed by atoms with E-state index in [1.54, 1.807) is 7.05 Å². The van der Waals surface area contributed by atoms with E-state index < -0.39 is 15.4 Å². The molecule has 1 heterocycles. The molecule has 1 rings (SSSR count). The Hall–Kier alpha value is -0.620. The first-order chi connectivity index (χ1) is 7.75. The fourth-order valence-electron chi connectivity index (χ4n) is 2.15. The molecule has 0 aromatic rings. The smallest absolute Gasteiger partial charge is 0.242 e. The lowest BCUT2D eigenvalue weighted by Crippen LogP contribution is -2.56. The van der Waals surface area contributed by atoms with Gasteiger partial charge in [0.05, 0.1) is 17.0 Å². The number of hydrogen-bond donors (Lipinski definition) is 1. The summed E-state index contributed by atoms with van der Waals surface area (Å²) in [5.74, 6) is 0.0914. The van der Waals surface area contributed by atoms with E-state index in [1.807, 2.05) is 13.8 Å². The van der Waals surface area contributed by atoms with Gasteiger partial charge >= 0.3 is 0 Å². The van der Waals surface area contributed by atoms with Crippen LogP contribution >= 0.6 is 0 Å². The molecule has 0 saturated carbocycles. The van der Waals surface area contributed by atoms with Crippen LogP contribution in [-0.2, 0) is 14.6 Å². The molecular formula is C11H22N2O3S. The lowest BCUT2D eigenvalue weighted by atomic mass is 9.92. The highest BCUT2D eigenvalue weighted by Crippen LogP contribution is 2.21. The predicted molar refractivity (Wildman–Crippen MR) is 67.3 cm³/mol. The number of rotatable bonds is 4. The Balaban J connectivity index is 2.78. The van der Waals surface area contributed by atoms with Gasteiger partial charge in [-0.15, -0.1) is 0 Å². The molecule has 1 atom stereocenters. The molecule has 2 N–H and O–H groups in total. The summed E-state index contributed by atoms with van der Waals surface area (Å²) in [5, 5.41) is 0. The molecule has 1 fully saturated rings. The fourth-order valence-corrected chi connectivity index (χ4v) is 3.92. The van der Waals surface area contributed by atoms with Crippen molar-refractivity contribution in [2.75, 3.05) is 18.6 Å². The third kappa shape index (κ3) is 2.98. The van der Waals surface area contributed by atoms with Gasteiger partial charge < -0.3 is 10.6 Å². The van der Waals surface area contributed by atoms with E-state index in [9.17, 15) is 13.2 Å². The average molecular weight is 262 g/mol. The minimum absolute atomic E-state index is 0.0682. The van der Waals surface area contributed by atoms with Crippen molar-refractivity contribution in [2.24, 2.45) is 5.73 Å². The van der Waals surface area contributed by atoms with Crippen LogP contribution in [0, 0.1) is 0 Å². The van der Waals surface area contributed by atoms with Gasteiger partial charge in [-0.1, -0.05) is 13.8 Å². The summed E-state index contributed by atoms with van der Waals surface area (Å²) in [6.07, 6.45) is 1.65. The molecule has 0 radical (unpaired) electrons. The topological polar surface area (TPSA) is 80.5 Å². The Bertz CT molecular complexity index is 388. The summed E-state index contributed by atoms with van der Waals surface area (Å²) >= 11 is 0. The van der Waals surface area contributed by atoms with Crippen LogP contribution in [0.15, 0.2) is 0 Å². The molecule has 0 aliphatic carbocycles. The van der Waals surface area contributed by atoms with Crippen molar-refractivity contribution in [2.45, 2.75) is 44.7 Å². The van der Waals surface area contributed by atoms with Gasteiger partial charge in [0.25, 0.3) is 0 Å². The monoisotopic (exact) mass is 262 g/mol. The van der Waals surface area contributed by atoms with Crippen molar-refractivity contribution in [1.29, 1.82) is 0 Å². The fraction of sp³-hybridized carbons (Fsp3) is 0.909. The molecule has 17 heavy (non-hydrogen) atoms. The van der Waals surface area contributed by atoms with E-state index in [2.05, 4.69) is 0 Å². The largest absolute Gasteiger partial charge is 0.340 e. The van der Waals surface area contributed by atoms with Crippen molar-refractivity contribution < 1.29 is 13.2 Å². The van der Waals surface area contributed by atoms with Gasteiger partial charge in [0.2, 0.25) is 5.91 Å². The van der Waals surface area contributed by atoms with Crippen LogP contribution in [-0.4, -0.2) is 49.4 Å². The molecule has 1 aliphatic heterocycles. The van der Waals surface area contributed by atoms with E-state index in [0.717, 1.165) is 0 Å². The first-order valence-electron chi connectivity index (χ1n) is 6.02. The number of amides is 1. The highest BCUT2D eigenvalue weighted by atomic mass is 32.2. The van der Waals surface area contributed by atoms with E-state index >= 15 is 0 Å². The first kappa shape index (κ1) is 14.4. The number of likely N-dealkylation sites (N-methyl/N-ethyl adjacent to an activating group) is 1. The third-order valence-electron chi connectivity index (χ3n) is 3.76. The summed E-state index contributed by atoms with van der Waals surface area (Å²) in [5.41, 5.74) is 5.18. The summed E-state index contributed by atoms with van der Waals surface area (Å²) in [6.45, 7) is 3.75. The van der Waals surface area contributed by atoms with Crippen molar-refractivity contribution in [3.8, 4) is 0 Å². The molecule has 1 unspecified atom stereocenters. The molecule has 1 amide bonds. The molecule has 6 heteroatoms. The van der Waals surface area contributed by atoms with E-state index in [4.69, 9.17) is 5.73 Å². The molecule has 0 aromatic carbocycles. The van der Waals surface area contributed by atoms with Gasteiger partial charge in [-0.25, -0.2) is 8.42 Å². The van der Waals surface area contributed by atoms with Crippen molar-refractivity contribution in [3.63, 3.8) is 0 Å². The molecule has 0 spiro atoms. The standard InChI is InChI=1S/C11H22N2O3S/c1-4-11(12,5-2)10(14)13(3)9-6-7-17(15,16)8-9/h9H,4-8,12H2,1-3H3. The quantitative estimate of drug-likeness (QED) is 0.782. The van der Waals surface area contributed by atoms with Crippen molar-refractivity contribution >= 4 is 15.7 Å². The second-order valence-corrected chi connectivity index (χ2v) is 7.06. The number of nitrogens with two attached hydrogens (primary N) is 1. The van der Waals surface area contributed by atoms with Gasteiger partial charge in [0.15, 0.2) is 9.84 Å². The second-order valence-electron chi connectivity index (χ2n) is 4.84. The maximum atomic E-state index is 12.2. The molecule has 1 aliphatic rings. The van der Waals surface area contributed by atoms with Crippen LogP contribution in [0.5, 0.6) is 0 Å². The minimum atomic E-state index is -2.97. The number of nitrogens with zero attached hydrogens (tertiary/aromatic N) is 1. The van der Waals surface area contributed by atoms with Crippen LogP contribution in [0.3, 0.4) is 0 Å². The van der Waals surface area contributed by atoms with Crippen LogP contribution in [0.25, 0.3) is 0 Å². The summed E-state index contributed by atoms with van der Waals surface area (Å²) < 4.78 is 22.8. The molecule has 5 nitrogen and oxygen atoms in total. The minimum Gasteiger partial charge on any atom is -0.340 e. The van der Waals surface area contributed by atoms with E-state index in [-0.39, 0.29) is 23.5 Å².